The maximum absolute atomic E-state index is 12.9. The molecular weight excluding hydrogens is 363 g/mol. The van der Waals surface area contributed by atoms with Gasteiger partial charge < -0.3 is 5.32 Å². The summed E-state index contributed by atoms with van der Waals surface area (Å²) in [6.45, 7) is 0.298. The predicted molar refractivity (Wildman–Crippen MR) is 76.7 cm³/mol. The lowest BCUT2D eigenvalue weighted by Crippen LogP contribution is -2.23. The van der Waals surface area contributed by atoms with Gasteiger partial charge in [0.1, 0.15) is 11.6 Å². The van der Waals surface area contributed by atoms with Crippen molar-refractivity contribution in [3.8, 4) is 0 Å². The molecule has 0 fully saturated rings. The van der Waals surface area contributed by atoms with Gasteiger partial charge in [-0.3, -0.25) is 4.79 Å². The molecule has 0 saturated carbocycles. The van der Waals surface area contributed by atoms with Crippen molar-refractivity contribution in [1.82, 2.24) is 5.32 Å². The second-order valence-corrected chi connectivity index (χ2v) is 5.10. The number of amides is 1. The third-order valence-electron chi connectivity index (χ3n) is 2.54. The molecule has 19 heavy (non-hydrogen) atoms. The molecule has 2 aromatic rings. The van der Waals surface area contributed by atoms with E-state index in [0.29, 0.717) is 15.7 Å². The van der Waals surface area contributed by atoms with Gasteiger partial charge in [-0.25, -0.2) is 8.78 Å². The molecule has 98 valence electrons. The van der Waals surface area contributed by atoms with E-state index in [1.54, 1.807) is 12.1 Å². The number of benzene rings is 2. The van der Waals surface area contributed by atoms with Gasteiger partial charge in [-0.05, 0) is 58.5 Å². The molecule has 1 amide bonds. The predicted octanol–water partition coefficient (Wildman–Crippen LogP) is 3.50. The van der Waals surface area contributed by atoms with Crippen LogP contribution in [0.1, 0.15) is 15.9 Å². The van der Waals surface area contributed by atoms with Crippen molar-refractivity contribution in [3.63, 3.8) is 0 Å². The third-order valence-corrected chi connectivity index (χ3v) is 3.43. The molecule has 0 aliphatic rings. The van der Waals surface area contributed by atoms with Crippen LogP contribution in [0.3, 0.4) is 0 Å². The normalized spacial score (nSPS) is 10.3. The molecule has 0 unspecified atom stereocenters. The summed E-state index contributed by atoms with van der Waals surface area (Å²) >= 11 is 1.91. The SMILES string of the molecule is O=C(NCc1ccc(F)cc1)c1ccc(F)cc1I. The second-order valence-electron chi connectivity index (χ2n) is 3.93. The van der Waals surface area contributed by atoms with E-state index in [-0.39, 0.29) is 17.5 Å². The Bertz CT molecular complexity index is 599. The van der Waals surface area contributed by atoms with Crippen LogP contribution < -0.4 is 5.32 Å². The fourth-order valence-electron chi connectivity index (χ4n) is 1.55. The summed E-state index contributed by atoms with van der Waals surface area (Å²) in [4.78, 5) is 11.9. The minimum absolute atomic E-state index is 0.284. The Kier molecular flexibility index (Phi) is 4.47. The van der Waals surface area contributed by atoms with Crippen molar-refractivity contribution in [1.29, 1.82) is 0 Å². The highest BCUT2D eigenvalue weighted by Crippen LogP contribution is 2.14. The van der Waals surface area contributed by atoms with Crippen LogP contribution in [-0.4, -0.2) is 5.91 Å². The summed E-state index contributed by atoms with van der Waals surface area (Å²) in [6.07, 6.45) is 0. The van der Waals surface area contributed by atoms with Crippen LogP contribution in [0.15, 0.2) is 42.5 Å². The zero-order valence-electron chi connectivity index (χ0n) is 9.79. The Balaban J connectivity index is 2.03. The van der Waals surface area contributed by atoms with Crippen LogP contribution in [0, 0.1) is 15.2 Å². The molecule has 0 aliphatic heterocycles. The van der Waals surface area contributed by atoms with Crippen molar-refractivity contribution in [2.24, 2.45) is 0 Å². The molecule has 0 atom stereocenters. The van der Waals surface area contributed by atoms with E-state index < -0.39 is 0 Å². The molecular formula is C14H10F2INO. The van der Waals surface area contributed by atoms with Crippen molar-refractivity contribution in [2.75, 3.05) is 0 Å². The van der Waals surface area contributed by atoms with Gasteiger partial charge in [-0.1, -0.05) is 12.1 Å². The smallest absolute Gasteiger partial charge is 0.252 e. The Morgan fingerprint density at radius 2 is 1.68 bits per heavy atom. The summed E-state index contributed by atoms with van der Waals surface area (Å²) in [5.41, 5.74) is 1.22. The van der Waals surface area contributed by atoms with E-state index in [0.717, 1.165) is 5.56 Å². The van der Waals surface area contributed by atoms with Crippen LogP contribution in [0.5, 0.6) is 0 Å². The van der Waals surface area contributed by atoms with Gasteiger partial charge in [0.2, 0.25) is 0 Å². The quantitative estimate of drug-likeness (QED) is 0.820. The van der Waals surface area contributed by atoms with Crippen molar-refractivity contribution in [2.45, 2.75) is 6.54 Å². The highest BCUT2D eigenvalue weighted by Gasteiger charge is 2.10. The Morgan fingerprint density at radius 1 is 1.05 bits per heavy atom. The first kappa shape index (κ1) is 13.9. The third kappa shape index (κ3) is 3.73. The van der Waals surface area contributed by atoms with E-state index in [9.17, 15) is 13.6 Å². The van der Waals surface area contributed by atoms with Crippen LogP contribution in [0.25, 0.3) is 0 Å². The maximum Gasteiger partial charge on any atom is 0.252 e. The molecule has 2 rings (SSSR count). The topological polar surface area (TPSA) is 29.1 Å². The van der Waals surface area contributed by atoms with Gasteiger partial charge in [0.25, 0.3) is 5.91 Å². The van der Waals surface area contributed by atoms with E-state index >= 15 is 0 Å². The molecule has 0 radical (unpaired) electrons. The minimum atomic E-state index is -0.375. The molecule has 0 aliphatic carbocycles. The summed E-state index contributed by atoms with van der Waals surface area (Å²) in [6, 6.07) is 9.86. The number of hydrogen-bond acceptors (Lipinski definition) is 1. The molecule has 0 spiro atoms. The first-order valence-corrected chi connectivity index (χ1v) is 6.62. The van der Waals surface area contributed by atoms with Crippen LogP contribution >= 0.6 is 22.6 Å². The Labute approximate surface area is 123 Å². The van der Waals surface area contributed by atoms with Crippen LogP contribution in [0.4, 0.5) is 8.78 Å². The summed E-state index contributed by atoms with van der Waals surface area (Å²) in [5, 5.41) is 2.71. The molecule has 2 aromatic carbocycles. The molecule has 0 saturated heterocycles. The number of nitrogens with one attached hydrogen (secondary N) is 1. The number of rotatable bonds is 3. The molecule has 1 N–H and O–H groups in total. The number of carbonyl (C=O) groups excluding carboxylic acids is 1. The van der Waals surface area contributed by atoms with E-state index in [4.69, 9.17) is 0 Å². The number of hydrogen-bond donors (Lipinski definition) is 1. The van der Waals surface area contributed by atoms with E-state index in [2.05, 4.69) is 5.32 Å². The Hall–Kier alpha value is -1.50. The van der Waals surface area contributed by atoms with Gasteiger partial charge in [0.15, 0.2) is 0 Å². The average Bonchev–Trinajstić information content (AvgIpc) is 2.37. The van der Waals surface area contributed by atoms with Gasteiger partial charge in [-0.15, -0.1) is 0 Å². The minimum Gasteiger partial charge on any atom is -0.348 e. The fraction of sp³-hybridized carbons (Fsp3) is 0.0714. The first-order chi connectivity index (χ1) is 9.06. The van der Waals surface area contributed by atoms with Gasteiger partial charge >= 0.3 is 0 Å². The van der Waals surface area contributed by atoms with E-state index in [1.807, 2.05) is 22.6 Å². The molecule has 2 nitrogen and oxygen atoms in total. The average molecular weight is 373 g/mol. The highest BCUT2D eigenvalue weighted by molar-refractivity contribution is 14.1. The van der Waals surface area contributed by atoms with Gasteiger partial charge in [-0.2, -0.15) is 0 Å². The number of halogens is 3. The van der Waals surface area contributed by atoms with Crippen LogP contribution in [0.2, 0.25) is 0 Å². The molecule has 0 heterocycles. The van der Waals surface area contributed by atoms with Gasteiger partial charge in [0, 0.05) is 10.1 Å². The lowest BCUT2D eigenvalue weighted by atomic mass is 10.2. The van der Waals surface area contributed by atoms with Crippen molar-refractivity contribution in [3.05, 3.63) is 68.8 Å². The zero-order valence-corrected chi connectivity index (χ0v) is 11.9. The second kappa shape index (κ2) is 6.10. The van der Waals surface area contributed by atoms with E-state index in [1.165, 1.54) is 30.3 Å². The summed E-state index contributed by atoms with van der Waals surface area (Å²) in [5.74, 6) is -0.976. The molecule has 0 aromatic heterocycles. The lowest BCUT2D eigenvalue weighted by Gasteiger charge is -2.07. The summed E-state index contributed by atoms with van der Waals surface area (Å²) in [7, 11) is 0. The zero-order chi connectivity index (χ0) is 13.8. The monoisotopic (exact) mass is 373 g/mol. The number of carbonyl (C=O) groups is 1. The Morgan fingerprint density at radius 3 is 2.32 bits per heavy atom. The largest absolute Gasteiger partial charge is 0.348 e. The first-order valence-electron chi connectivity index (χ1n) is 5.54. The highest BCUT2D eigenvalue weighted by atomic mass is 127. The van der Waals surface area contributed by atoms with Gasteiger partial charge in [0.05, 0.1) is 5.56 Å². The standard InChI is InChI=1S/C14H10F2INO/c15-10-3-1-9(2-4-10)8-18-14(19)12-6-5-11(16)7-13(12)17/h1-7H,8H2,(H,18,19). The maximum atomic E-state index is 12.9. The summed E-state index contributed by atoms with van der Waals surface area (Å²) < 4.78 is 26.2. The fourth-order valence-corrected chi connectivity index (χ4v) is 2.28. The molecule has 5 heteroatoms. The lowest BCUT2D eigenvalue weighted by molar-refractivity contribution is 0.0950. The van der Waals surface area contributed by atoms with Crippen molar-refractivity contribution < 1.29 is 13.6 Å². The van der Waals surface area contributed by atoms with Crippen LogP contribution in [-0.2, 0) is 6.54 Å². The molecule has 0 bridgehead atoms. The van der Waals surface area contributed by atoms with Crippen molar-refractivity contribution >= 4 is 28.5 Å².